The summed E-state index contributed by atoms with van der Waals surface area (Å²) in [7, 11) is 2.17. The van der Waals surface area contributed by atoms with E-state index in [9.17, 15) is 9.59 Å². The van der Waals surface area contributed by atoms with Gasteiger partial charge in [0.25, 0.3) is 0 Å². The molecule has 0 aromatic heterocycles. The van der Waals surface area contributed by atoms with E-state index in [2.05, 4.69) is 40.0 Å². The Kier molecular flexibility index (Phi) is 6.48. The van der Waals surface area contributed by atoms with E-state index in [0.29, 0.717) is 18.1 Å². The summed E-state index contributed by atoms with van der Waals surface area (Å²) >= 11 is 1.65. The van der Waals surface area contributed by atoms with Crippen molar-refractivity contribution in [3.8, 4) is 0 Å². The van der Waals surface area contributed by atoms with Gasteiger partial charge in [0.1, 0.15) is 11.4 Å². The maximum atomic E-state index is 13.4. The Labute approximate surface area is 167 Å². The van der Waals surface area contributed by atoms with Gasteiger partial charge in [0.2, 0.25) is 11.8 Å². The highest BCUT2D eigenvalue weighted by molar-refractivity contribution is 8.00. The van der Waals surface area contributed by atoms with Gasteiger partial charge in [-0.05, 0) is 30.4 Å². The van der Waals surface area contributed by atoms with Gasteiger partial charge in [0, 0.05) is 0 Å². The molecule has 148 valence electrons. The zero-order chi connectivity index (χ0) is 19.6. The van der Waals surface area contributed by atoms with E-state index >= 15 is 0 Å². The number of aryl methyl sites for hydroxylation is 1. The Balaban J connectivity index is 1.89. The van der Waals surface area contributed by atoms with Crippen LogP contribution in [0.5, 0.6) is 0 Å². The van der Waals surface area contributed by atoms with E-state index in [1.165, 1.54) is 10.5 Å². The van der Waals surface area contributed by atoms with Crippen molar-refractivity contribution in [2.24, 2.45) is 5.92 Å². The van der Waals surface area contributed by atoms with Crippen molar-refractivity contribution in [1.82, 2.24) is 9.80 Å². The Morgan fingerprint density at radius 1 is 1.26 bits per heavy atom. The van der Waals surface area contributed by atoms with Gasteiger partial charge in [0.05, 0.1) is 39.0 Å². The fourth-order valence-corrected chi connectivity index (χ4v) is 5.29. The predicted octanol–water partition coefficient (Wildman–Crippen LogP) is 1.34. The minimum absolute atomic E-state index is 0.0653. The summed E-state index contributed by atoms with van der Waals surface area (Å²) in [5.41, 5.74) is 2.33. The number of hydrogen-bond acceptors (Lipinski definition) is 3. The zero-order valence-electron chi connectivity index (χ0n) is 16.9. The number of carbonyl (C=O) groups is 2. The van der Waals surface area contributed by atoms with Crippen molar-refractivity contribution in [1.29, 1.82) is 0 Å². The van der Waals surface area contributed by atoms with Crippen LogP contribution >= 0.6 is 11.8 Å². The van der Waals surface area contributed by atoms with Crippen molar-refractivity contribution in [2.45, 2.75) is 38.6 Å². The summed E-state index contributed by atoms with van der Waals surface area (Å²) in [6.07, 6.45) is 0.715. The number of carbonyl (C=O) groups excluding carboxylic acids is 2. The molecule has 1 N–H and O–H groups in total. The summed E-state index contributed by atoms with van der Waals surface area (Å²) in [4.78, 5) is 31.6. The summed E-state index contributed by atoms with van der Waals surface area (Å²) in [6.45, 7) is 9.86. The molecule has 1 aromatic rings. The number of quaternary nitrogens is 1. The third kappa shape index (κ3) is 4.49. The molecule has 5 nitrogen and oxygen atoms in total. The summed E-state index contributed by atoms with van der Waals surface area (Å²) in [5.74, 6) is 1.03. The second-order valence-electron chi connectivity index (χ2n) is 8.25. The molecule has 0 saturated carbocycles. The minimum atomic E-state index is -0.365. The molecule has 2 atom stereocenters. The average molecular weight is 391 g/mol. The van der Waals surface area contributed by atoms with E-state index in [1.54, 1.807) is 11.8 Å². The number of benzene rings is 1. The monoisotopic (exact) mass is 390 g/mol. The molecule has 2 amide bonds. The number of thioether (sulfide) groups is 1. The average Bonchev–Trinajstić information content (AvgIpc) is 3.01. The van der Waals surface area contributed by atoms with Gasteiger partial charge < -0.3 is 14.7 Å². The summed E-state index contributed by atoms with van der Waals surface area (Å²) in [5, 5.41) is -0.0653. The fraction of sp³-hybridized carbons (Fsp3) is 0.619. The van der Waals surface area contributed by atoms with E-state index < -0.39 is 0 Å². The van der Waals surface area contributed by atoms with Crippen molar-refractivity contribution >= 4 is 23.6 Å². The predicted molar refractivity (Wildman–Crippen MR) is 110 cm³/mol. The molecule has 2 saturated heterocycles. The zero-order valence-corrected chi connectivity index (χ0v) is 17.7. The first kappa shape index (κ1) is 20.2. The molecule has 2 aliphatic rings. The number of piperazine rings is 1. The molecule has 0 bridgehead atoms. The lowest BCUT2D eigenvalue weighted by molar-refractivity contribution is -0.883. The lowest BCUT2D eigenvalue weighted by Gasteiger charge is -2.38. The highest BCUT2D eigenvalue weighted by Crippen LogP contribution is 2.42. The molecule has 1 aromatic carbocycles. The SMILES string of the molecule is Cc1ccccc1[C@@H]1SCC(=O)N1[C@@H](CC(C)C)C(=O)N1CC[NH+](C)CC1. The molecular weight excluding hydrogens is 358 g/mol. The normalized spacial score (nSPS) is 22.6. The number of nitrogens with one attached hydrogen (secondary N) is 1. The first-order chi connectivity index (χ1) is 12.9. The molecule has 0 spiro atoms. The molecule has 0 unspecified atom stereocenters. The Morgan fingerprint density at radius 3 is 2.56 bits per heavy atom. The van der Waals surface area contributed by atoms with E-state index in [1.807, 2.05) is 21.9 Å². The standard InChI is InChI=1S/C21H31N3O2S/c1-15(2)13-18(20(26)23-11-9-22(4)10-12-23)24-19(25)14-27-21(24)17-8-6-5-7-16(17)3/h5-8,15,18,21H,9-14H2,1-4H3/p+1/t18-,21-/m0/s1. The summed E-state index contributed by atoms with van der Waals surface area (Å²) < 4.78 is 0. The van der Waals surface area contributed by atoms with Crippen LogP contribution in [0.3, 0.4) is 0 Å². The van der Waals surface area contributed by atoms with Gasteiger partial charge in [0.15, 0.2) is 0 Å². The molecule has 0 aliphatic carbocycles. The van der Waals surface area contributed by atoms with Crippen LogP contribution in [0.4, 0.5) is 0 Å². The first-order valence-corrected chi connectivity index (χ1v) is 11.0. The second kappa shape index (κ2) is 8.65. The van der Waals surface area contributed by atoms with Crippen LogP contribution in [0, 0.1) is 12.8 Å². The number of likely N-dealkylation sites (N-methyl/N-ethyl adjacent to an activating group) is 1. The third-order valence-electron chi connectivity index (χ3n) is 5.60. The van der Waals surface area contributed by atoms with E-state index in [-0.39, 0.29) is 23.2 Å². The quantitative estimate of drug-likeness (QED) is 0.825. The smallest absolute Gasteiger partial charge is 0.245 e. The lowest BCUT2D eigenvalue weighted by atomic mass is 9.99. The van der Waals surface area contributed by atoms with Gasteiger partial charge in [-0.15, -0.1) is 11.8 Å². The number of hydrogen-bond donors (Lipinski definition) is 1. The Hall–Kier alpha value is -1.53. The minimum Gasteiger partial charge on any atom is -0.334 e. The first-order valence-electron chi connectivity index (χ1n) is 9.97. The number of nitrogens with zero attached hydrogens (tertiary/aromatic N) is 2. The van der Waals surface area contributed by atoms with Crippen LogP contribution in [0.1, 0.15) is 36.8 Å². The van der Waals surface area contributed by atoms with Gasteiger partial charge in [-0.2, -0.15) is 0 Å². The highest BCUT2D eigenvalue weighted by atomic mass is 32.2. The molecule has 3 rings (SSSR count). The maximum absolute atomic E-state index is 13.4. The van der Waals surface area contributed by atoms with Crippen LogP contribution in [-0.4, -0.2) is 66.6 Å². The van der Waals surface area contributed by atoms with E-state index in [4.69, 9.17) is 0 Å². The van der Waals surface area contributed by atoms with Gasteiger partial charge in [-0.25, -0.2) is 0 Å². The third-order valence-corrected chi connectivity index (χ3v) is 6.81. The Morgan fingerprint density at radius 2 is 1.93 bits per heavy atom. The number of amides is 2. The molecule has 6 heteroatoms. The van der Waals surface area contributed by atoms with Crippen molar-refractivity contribution in [3.05, 3.63) is 35.4 Å². The lowest BCUT2D eigenvalue weighted by Crippen LogP contribution is -3.12. The van der Waals surface area contributed by atoms with E-state index in [0.717, 1.165) is 31.7 Å². The van der Waals surface area contributed by atoms with Gasteiger partial charge in [-0.1, -0.05) is 38.1 Å². The van der Waals surface area contributed by atoms with Crippen LogP contribution in [0.25, 0.3) is 0 Å². The van der Waals surface area contributed by atoms with Gasteiger partial charge in [-0.3, -0.25) is 9.59 Å². The van der Waals surface area contributed by atoms with Crippen LogP contribution in [0.2, 0.25) is 0 Å². The van der Waals surface area contributed by atoms with Crippen molar-refractivity contribution < 1.29 is 14.5 Å². The van der Waals surface area contributed by atoms with Crippen LogP contribution in [-0.2, 0) is 9.59 Å². The van der Waals surface area contributed by atoms with Crippen LogP contribution in [0.15, 0.2) is 24.3 Å². The fourth-order valence-electron chi connectivity index (χ4n) is 3.98. The number of rotatable bonds is 5. The molecule has 2 heterocycles. The molecule has 2 aliphatic heterocycles. The van der Waals surface area contributed by atoms with Crippen LogP contribution < -0.4 is 4.90 Å². The second-order valence-corrected chi connectivity index (χ2v) is 9.32. The Bertz CT molecular complexity index is 686. The largest absolute Gasteiger partial charge is 0.334 e. The topological polar surface area (TPSA) is 45.1 Å². The molecule has 0 radical (unpaired) electrons. The van der Waals surface area contributed by atoms with Crippen molar-refractivity contribution in [3.63, 3.8) is 0 Å². The maximum Gasteiger partial charge on any atom is 0.245 e. The van der Waals surface area contributed by atoms with Crippen molar-refractivity contribution in [2.75, 3.05) is 39.0 Å². The molecule has 2 fully saturated rings. The molecular formula is C21H32N3O2S+. The summed E-state index contributed by atoms with van der Waals surface area (Å²) in [6, 6.07) is 7.85. The van der Waals surface area contributed by atoms with Gasteiger partial charge >= 0.3 is 0 Å². The molecule has 27 heavy (non-hydrogen) atoms. The highest BCUT2D eigenvalue weighted by Gasteiger charge is 2.43.